The molecule has 362 valence electrons. The fraction of sp³-hybridized carbons (Fsp3) is 0.783. The van der Waals surface area contributed by atoms with Crippen LogP contribution in [0.2, 0.25) is 0 Å². The number of esters is 1. The lowest BCUT2D eigenvalue weighted by Gasteiger charge is -2.49. The molecule has 0 radical (unpaired) electrons. The van der Waals surface area contributed by atoms with E-state index in [0.717, 1.165) is 0 Å². The molecule has 0 saturated carbocycles. The van der Waals surface area contributed by atoms with Crippen LogP contribution in [0.1, 0.15) is 93.7 Å². The lowest BCUT2D eigenvalue weighted by molar-refractivity contribution is -0.318. The van der Waals surface area contributed by atoms with Crippen molar-refractivity contribution in [3.8, 4) is 0 Å². The van der Waals surface area contributed by atoms with Gasteiger partial charge in [-0.15, -0.1) is 0 Å². The standard InChI is InChI=1S/C46H73N3O15/c1-23-21-44(7,56)41(63-43-37(52)31(49(10)11)19-24(2)59-43)26(4)38(62-35-22-45(8,58-12)40(54)28(6)60-35)27(5)42(55)61-33(46(9,57)39(53)25(3)36(23)51)17-18-47-34(50)20-30-29-15-13-14-16-32(29)64-48-30/h13-16,23-28,31,33,35,37-41,43,52-54,56-57H,17-22H2,1-12H3,(H,47,50)/t23-,24-,25+,26+,27-,28+,31+,33-,35+,37-,38+,39-,40+,41-,43+,44-,45-,46-/m1/s1. The van der Waals surface area contributed by atoms with Crippen LogP contribution in [0.25, 0.3) is 11.0 Å². The summed E-state index contributed by atoms with van der Waals surface area (Å²) >= 11 is 0. The molecule has 2 aromatic rings. The quantitative estimate of drug-likeness (QED) is 0.177. The van der Waals surface area contributed by atoms with Crippen LogP contribution in [0.5, 0.6) is 0 Å². The Morgan fingerprint density at radius 1 is 0.938 bits per heavy atom. The highest BCUT2D eigenvalue weighted by Crippen LogP contribution is 2.41. The Labute approximate surface area is 376 Å². The van der Waals surface area contributed by atoms with Crippen molar-refractivity contribution in [3.63, 3.8) is 0 Å². The summed E-state index contributed by atoms with van der Waals surface area (Å²) in [6.07, 6.45) is -11.3. The SMILES string of the molecule is CO[C@]1(C)C[C@H](O[C@H]2[C@H](C)[C@@H](O[C@@H]3O[C@H](C)C[C@H](N(C)C)[C@H]3O)[C@](C)(O)C[C@@H](C)C(=O)[C@H](C)[C@@H](O)[C@](C)(O)[C@@H](CCNC(=O)Cc3noc4ccccc34)OC(=O)[C@@H]2C)O[C@@H](C)[C@@H]1O. The van der Waals surface area contributed by atoms with Gasteiger partial charge in [0.1, 0.15) is 35.4 Å². The first-order valence-electron chi connectivity index (χ1n) is 22.5. The van der Waals surface area contributed by atoms with Crippen LogP contribution < -0.4 is 5.32 Å². The van der Waals surface area contributed by atoms with Crippen molar-refractivity contribution in [1.82, 2.24) is 15.4 Å². The molecule has 3 aliphatic rings. The van der Waals surface area contributed by atoms with Gasteiger partial charge >= 0.3 is 5.97 Å². The maximum Gasteiger partial charge on any atom is 0.311 e. The van der Waals surface area contributed by atoms with Crippen molar-refractivity contribution in [2.24, 2.45) is 23.7 Å². The summed E-state index contributed by atoms with van der Waals surface area (Å²) in [7, 11) is 5.12. The number of amides is 1. The van der Waals surface area contributed by atoms with Crippen LogP contribution in [0, 0.1) is 23.7 Å². The average Bonchev–Trinajstić information content (AvgIpc) is 3.64. The van der Waals surface area contributed by atoms with Crippen molar-refractivity contribution in [2.45, 2.75) is 179 Å². The number of hydrogen-bond donors (Lipinski definition) is 6. The van der Waals surface area contributed by atoms with E-state index in [9.17, 15) is 39.9 Å². The van der Waals surface area contributed by atoms with E-state index < -0.39 is 113 Å². The number of benzene rings is 1. The van der Waals surface area contributed by atoms with Crippen LogP contribution in [-0.2, 0) is 49.2 Å². The third-order valence-electron chi connectivity index (χ3n) is 14.0. The zero-order valence-electron chi connectivity index (χ0n) is 39.4. The number of carbonyl (C=O) groups excluding carboxylic acids is 3. The molecule has 0 spiro atoms. The second-order valence-corrected chi connectivity index (χ2v) is 19.5. The van der Waals surface area contributed by atoms with Crippen LogP contribution >= 0.6 is 0 Å². The second kappa shape index (κ2) is 20.8. The molecular formula is C46H73N3O15. The number of nitrogens with zero attached hydrogens (tertiary/aromatic N) is 2. The summed E-state index contributed by atoms with van der Waals surface area (Å²) in [5, 5.41) is 66.6. The maximum absolute atomic E-state index is 14.6. The Hall–Kier alpha value is -3.14. The van der Waals surface area contributed by atoms with E-state index >= 15 is 0 Å². The number of ketones is 1. The van der Waals surface area contributed by atoms with Gasteiger partial charge in [-0.05, 0) is 80.6 Å². The molecule has 4 heterocycles. The Morgan fingerprint density at radius 2 is 1.61 bits per heavy atom. The summed E-state index contributed by atoms with van der Waals surface area (Å²) in [5.74, 6) is -6.08. The molecule has 3 aliphatic heterocycles. The number of cyclic esters (lactones) is 1. The molecule has 1 aromatic heterocycles. The maximum atomic E-state index is 14.6. The minimum Gasteiger partial charge on any atom is -0.459 e. The zero-order chi connectivity index (χ0) is 47.6. The van der Waals surface area contributed by atoms with Crippen LogP contribution in [0.15, 0.2) is 28.8 Å². The molecule has 18 nitrogen and oxygen atoms in total. The molecule has 1 aromatic carbocycles. The van der Waals surface area contributed by atoms with Crippen molar-refractivity contribution < 1.29 is 72.9 Å². The first-order chi connectivity index (χ1) is 29.8. The monoisotopic (exact) mass is 908 g/mol. The van der Waals surface area contributed by atoms with Gasteiger partial charge in [0, 0.05) is 55.7 Å². The molecule has 3 saturated heterocycles. The van der Waals surface area contributed by atoms with Gasteiger partial charge in [0.25, 0.3) is 0 Å². The Bertz CT molecular complexity index is 1890. The molecule has 64 heavy (non-hydrogen) atoms. The van der Waals surface area contributed by atoms with Gasteiger partial charge in [0.2, 0.25) is 5.91 Å². The van der Waals surface area contributed by atoms with Crippen molar-refractivity contribution in [1.29, 1.82) is 0 Å². The zero-order valence-corrected chi connectivity index (χ0v) is 39.4. The minimum absolute atomic E-state index is 0.0329. The Balaban J connectivity index is 1.52. The van der Waals surface area contributed by atoms with E-state index in [1.54, 1.807) is 58.9 Å². The van der Waals surface area contributed by atoms with E-state index in [0.29, 0.717) is 23.1 Å². The minimum atomic E-state index is -2.23. The molecule has 0 unspecified atom stereocenters. The number of Topliss-reactive ketones (excluding diaryl/α,β-unsaturated/α-hetero) is 1. The topological polar surface area (TPSA) is 249 Å². The molecule has 0 bridgehead atoms. The van der Waals surface area contributed by atoms with Gasteiger partial charge in [0.15, 0.2) is 18.2 Å². The first kappa shape index (κ1) is 51.8. The molecule has 18 heteroatoms. The largest absolute Gasteiger partial charge is 0.459 e. The van der Waals surface area contributed by atoms with Gasteiger partial charge in [-0.1, -0.05) is 38.1 Å². The molecule has 0 aliphatic carbocycles. The highest BCUT2D eigenvalue weighted by Gasteiger charge is 2.53. The number of carbonyl (C=O) groups is 3. The van der Waals surface area contributed by atoms with Gasteiger partial charge in [-0.2, -0.15) is 0 Å². The molecule has 3 fully saturated rings. The summed E-state index contributed by atoms with van der Waals surface area (Å²) in [6.45, 7) is 14.2. The Morgan fingerprint density at radius 3 is 2.27 bits per heavy atom. The number of ether oxygens (including phenoxy) is 6. The number of likely N-dealkylation sites (N-methyl/N-ethyl adjacent to an activating group) is 1. The fourth-order valence-corrected chi connectivity index (χ4v) is 9.89. The average molecular weight is 908 g/mol. The fourth-order valence-electron chi connectivity index (χ4n) is 9.89. The third kappa shape index (κ3) is 11.3. The molecular weight excluding hydrogens is 835 g/mol. The van der Waals surface area contributed by atoms with Crippen LogP contribution in [-0.4, -0.2) is 165 Å². The second-order valence-electron chi connectivity index (χ2n) is 19.5. The first-order valence-corrected chi connectivity index (χ1v) is 22.5. The highest BCUT2D eigenvalue weighted by molar-refractivity contribution is 5.86. The summed E-state index contributed by atoms with van der Waals surface area (Å²) in [4.78, 5) is 43.9. The summed E-state index contributed by atoms with van der Waals surface area (Å²) in [5.41, 5.74) is -4.28. The molecule has 6 N–H and O–H groups in total. The van der Waals surface area contributed by atoms with E-state index in [2.05, 4.69) is 10.5 Å². The summed E-state index contributed by atoms with van der Waals surface area (Å²) in [6, 6.07) is 6.74. The van der Waals surface area contributed by atoms with E-state index in [1.807, 2.05) is 25.9 Å². The number of rotatable bonds is 11. The molecule has 1 amide bonds. The normalized spacial score (nSPS) is 42.0. The number of para-hydroxylation sites is 1. The predicted octanol–water partition coefficient (Wildman–Crippen LogP) is 2.27. The Kier molecular flexibility index (Phi) is 16.8. The van der Waals surface area contributed by atoms with Gasteiger partial charge in [-0.3, -0.25) is 14.4 Å². The van der Waals surface area contributed by atoms with E-state index in [-0.39, 0.29) is 44.4 Å². The molecule has 18 atom stereocenters. The number of aliphatic hydroxyl groups excluding tert-OH is 3. The number of fused-ring (bicyclic) bond motifs is 1. The number of aromatic nitrogens is 1. The van der Waals surface area contributed by atoms with Crippen LogP contribution in [0.4, 0.5) is 0 Å². The van der Waals surface area contributed by atoms with Crippen molar-refractivity contribution >= 4 is 28.6 Å². The van der Waals surface area contributed by atoms with Gasteiger partial charge in [0.05, 0.1) is 54.1 Å². The molecule has 5 rings (SSSR count). The number of hydrogen-bond acceptors (Lipinski definition) is 17. The predicted molar refractivity (Wildman–Crippen MR) is 231 cm³/mol. The summed E-state index contributed by atoms with van der Waals surface area (Å²) < 4.78 is 42.9. The number of nitrogens with one attached hydrogen (secondary N) is 1. The van der Waals surface area contributed by atoms with Gasteiger partial charge in [-0.25, -0.2) is 0 Å². The number of methoxy groups -OCH3 is 1. The smallest absolute Gasteiger partial charge is 0.311 e. The van der Waals surface area contributed by atoms with E-state index in [1.165, 1.54) is 27.9 Å². The lowest BCUT2D eigenvalue weighted by Crippen LogP contribution is -2.61. The van der Waals surface area contributed by atoms with Crippen molar-refractivity contribution in [2.75, 3.05) is 27.7 Å². The number of aliphatic hydroxyl groups is 5. The lowest BCUT2D eigenvalue weighted by atomic mass is 9.74. The third-order valence-corrected chi connectivity index (χ3v) is 14.0. The van der Waals surface area contributed by atoms with E-state index in [4.69, 9.17) is 32.9 Å². The van der Waals surface area contributed by atoms with Crippen LogP contribution in [0.3, 0.4) is 0 Å². The highest BCUT2D eigenvalue weighted by atomic mass is 16.7. The van der Waals surface area contributed by atoms with Gasteiger partial charge < -0.3 is 68.7 Å². The van der Waals surface area contributed by atoms with Crippen molar-refractivity contribution in [3.05, 3.63) is 30.0 Å².